The molecule has 0 heterocycles. The largest absolute Gasteiger partial charge is 0.449 e. The Morgan fingerprint density at radius 1 is 1.11 bits per heavy atom. The lowest BCUT2D eigenvalue weighted by Crippen LogP contribution is -2.47. The second kappa shape index (κ2) is 9.09. The van der Waals surface area contributed by atoms with Gasteiger partial charge in [0.2, 0.25) is 5.91 Å². The second-order valence-electron chi connectivity index (χ2n) is 6.73. The molecule has 28 heavy (non-hydrogen) atoms. The van der Waals surface area contributed by atoms with Crippen molar-refractivity contribution in [2.24, 2.45) is 0 Å². The number of fused-ring (bicyclic) bond motifs is 3. The van der Waals surface area contributed by atoms with E-state index in [2.05, 4.69) is 40.8 Å². The monoisotopic (exact) mass is 376 g/mol. The lowest BCUT2D eigenvalue weighted by Gasteiger charge is -2.19. The van der Waals surface area contributed by atoms with Crippen LogP contribution in [0, 0.1) is 12.3 Å². The molecule has 1 aliphatic carbocycles. The SMILES string of the molecule is C#CCNC(=O)[C@H](CCC)NC(=O)OCC1c2ccccc2-c2ccccc21. The zero-order valence-corrected chi connectivity index (χ0v) is 15.9. The van der Waals surface area contributed by atoms with E-state index in [0.717, 1.165) is 17.5 Å². The first-order chi connectivity index (χ1) is 13.7. The van der Waals surface area contributed by atoms with Crippen LogP contribution >= 0.6 is 0 Å². The molecule has 0 aliphatic heterocycles. The number of rotatable bonds is 7. The van der Waals surface area contributed by atoms with Crippen LogP contribution in [0.4, 0.5) is 4.79 Å². The smallest absolute Gasteiger partial charge is 0.407 e. The molecule has 0 radical (unpaired) electrons. The van der Waals surface area contributed by atoms with Crippen LogP contribution in [0.1, 0.15) is 36.8 Å². The van der Waals surface area contributed by atoms with E-state index in [4.69, 9.17) is 11.2 Å². The topological polar surface area (TPSA) is 67.4 Å². The number of amides is 2. The van der Waals surface area contributed by atoms with Crippen LogP contribution < -0.4 is 10.6 Å². The number of nitrogens with one attached hydrogen (secondary N) is 2. The molecule has 5 nitrogen and oxygen atoms in total. The Balaban J connectivity index is 1.66. The first-order valence-electron chi connectivity index (χ1n) is 9.48. The minimum Gasteiger partial charge on any atom is -0.449 e. The molecule has 2 aromatic carbocycles. The van der Waals surface area contributed by atoms with Crippen LogP contribution in [-0.2, 0) is 9.53 Å². The molecule has 0 saturated heterocycles. The van der Waals surface area contributed by atoms with Gasteiger partial charge in [-0.15, -0.1) is 6.42 Å². The van der Waals surface area contributed by atoms with Crippen molar-refractivity contribution in [2.45, 2.75) is 31.7 Å². The van der Waals surface area contributed by atoms with Gasteiger partial charge >= 0.3 is 6.09 Å². The van der Waals surface area contributed by atoms with E-state index in [0.29, 0.717) is 6.42 Å². The van der Waals surface area contributed by atoms with E-state index in [1.165, 1.54) is 11.1 Å². The van der Waals surface area contributed by atoms with Crippen LogP contribution in [0.2, 0.25) is 0 Å². The number of alkyl carbamates (subject to hydrolysis) is 1. The van der Waals surface area contributed by atoms with Crippen molar-refractivity contribution in [3.05, 3.63) is 59.7 Å². The predicted molar refractivity (Wildman–Crippen MR) is 109 cm³/mol. The minimum atomic E-state index is -0.658. The molecule has 0 fully saturated rings. The van der Waals surface area contributed by atoms with E-state index in [1.807, 2.05) is 31.2 Å². The van der Waals surface area contributed by atoms with Gasteiger partial charge in [-0.3, -0.25) is 4.79 Å². The molecule has 144 valence electrons. The summed E-state index contributed by atoms with van der Waals surface area (Å²) >= 11 is 0. The first kappa shape index (κ1) is 19.5. The lowest BCUT2D eigenvalue weighted by atomic mass is 9.98. The summed E-state index contributed by atoms with van der Waals surface area (Å²) in [4.78, 5) is 24.5. The van der Waals surface area contributed by atoms with Crippen LogP contribution in [0.25, 0.3) is 11.1 Å². The normalized spacial score (nSPS) is 13.0. The molecule has 0 unspecified atom stereocenters. The fourth-order valence-corrected chi connectivity index (χ4v) is 3.60. The minimum absolute atomic E-state index is 0.0157. The third-order valence-corrected chi connectivity index (χ3v) is 4.89. The van der Waals surface area contributed by atoms with Gasteiger partial charge in [-0.05, 0) is 28.7 Å². The van der Waals surface area contributed by atoms with Crippen molar-refractivity contribution >= 4 is 12.0 Å². The van der Waals surface area contributed by atoms with Gasteiger partial charge < -0.3 is 15.4 Å². The Bertz CT molecular complexity index is 855. The number of hydrogen-bond acceptors (Lipinski definition) is 3. The van der Waals surface area contributed by atoms with E-state index in [1.54, 1.807) is 0 Å². The molecule has 1 atom stereocenters. The zero-order chi connectivity index (χ0) is 19.9. The van der Waals surface area contributed by atoms with Gasteiger partial charge in [0.05, 0.1) is 6.54 Å². The van der Waals surface area contributed by atoms with E-state index in [-0.39, 0.29) is 25.0 Å². The summed E-state index contributed by atoms with van der Waals surface area (Å²) in [7, 11) is 0. The Morgan fingerprint density at radius 2 is 1.71 bits per heavy atom. The Labute approximate surface area is 165 Å². The van der Waals surface area contributed by atoms with E-state index >= 15 is 0 Å². The van der Waals surface area contributed by atoms with Gasteiger partial charge in [0, 0.05) is 5.92 Å². The summed E-state index contributed by atoms with van der Waals surface area (Å²) in [6.45, 7) is 2.29. The Kier molecular flexibility index (Phi) is 6.33. The van der Waals surface area contributed by atoms with Gasteiger partial charge in [0.25, 0.3) is 0 Å². The highest BCUT2D eigenvalue weighted by Gasteiger charge is 2.29. The van der Waals surface area contributed by atoms with Crippen LogP contribution in [0.5, 0.6) is 0 Å². The Morgan fingerprint density at radius 3 is 2.29 bits per heavy atom. The van der Waals surface area contributed by atoms with Gasteiger partial charge in [0.1, 0.15) is 12.6 Å². The van der Waals surface area contributed by atoms with Gasteiger partial charge in [-0.25, -0.2) is 4.79 Å². The quantitative estimate of drug-likeness (QED) is 0.728. The maximum Gasteiger partial charge on any atom is 0.407 e. The number of ether oxygens (including phenoxy) is 1. The average molecular weight is 376 g/mol. The van der Waals surface area contributed by atoms with Crippen LogP contribution in [0.3, 0.4) is 0 Å². The standard InChI is InChI=1S/C23H24N2O3/c1-3-9-21(22(26)24-14-4-2)25-23(27)28-15-20-18-12-7-5-10-16(18)17-11-6-8-13-19(17)20/h2,5-8,10-13,20-21H,3,9,14-15H2,1H3,(H,24,26)(H,25,27)/t21-/m0/s1. The molecule has 0 bridgehead atoms. The fourth-order valence-electron chi connectivity index (χ4n) is 3.60. The highest BCUT2D eigenvalue weighted by molar-refractivity contribution is 5.85. The Hall–Kier alpha value is -3.26. The summed E-state index contributed by atoms with van der Waals surface area (Å²) in [5.41, 5.74) is 4.64. The van der Waals surface area contributed by atoms with Crippen molar-refractivity contribution in [2.75, 3.05) is 13.2 Å². The predicted octanol–water partition coefficient (Wildman–Crippen LogP) is 3.44. The highest BCUT2D eigenvalue weighted by atomic mass is 16.5. The number of carbonyl (C=O) groups excluding carboxylic acids is 2. The maximum atomic E-state index is 12.3. The average Bonchev–Trinajstić information content (AvgIpc) is 3.04. The molecule has 0 saturated carbocycles. The summed E-state index contributed by atoms with van der Waals surface area (Å²) < 4.78 is 5.50. The van der Waals surface area contributed by atoms with Crippen molar-refractivity contribution in [3.63, 3.8) is 0 Å². The highest BCUT2D eigenvalue weighted by Crippen LogP contribution is 2.44. The van der Waals surface area contributed by atoms with Crippen LogP contribution in [-0.4, -0.2) is 31.2 Å². The van der Waals surface area contributed by atoms with Gasteiger partial charge in [-0.2, -0.15) is 0 Å². The molecule has 5 heteroatoms. The number of terminal acetylenes is 1. The van der Waals surface area contributed by atoms with Gasteiger partial charge in [-0.1, -0.05) is 67.8 Å². The molecule has 3 rings (SSSR count). The van der Waals surface area contributed by atoms with Crippen molar-refractivity contribution in [1.82, 2.24) is 10.6 Å². The van der Waals surface area contributed by atoms with E-state index in [9.17, 15) is 9.59 Å². The summed E-state index contributed by atoms with van der Waals surface area (Å²) in [6.07, 6.45) is 5.83. The van der Waals surface area contributed by atoms with Crippen molar-refractivity contribution in [3.8, 4) is 23.5 Å². The van der Waals surface area contributed by atoms with Gasteiger partial charge in [0.15, 0.2) is 0 Å². The van der Waals surface area contributed by atoms with E-state index < -0.39 is 12.1 Å². The van der Waals surface area contributed by atoms with Crippen molar-refractivity contribution < 1.29 is 14.3 Å². The number of benzene rings is 2. The third kappa shape index (κ3) is 4.17. The summed E-state index contributed by atoms with van der Waals surface area (Å²) in [5, 5.41) is 5.26. The number of hydrogen-bond donors (Lipinski definition) is 2. The zero-order valence-electron chi connectivity index (χ0n) is 15.9. The maximum absolute atomic E-state index is 12.3. The summed E-state index contributed by atoms with van der Waals surface area (Å²) in [6, 6.07) is 15.6. The molecule has 1 aliphatic rings. The second-order valence-corrected chi connectivity index (χ2v) is 6.73. The first-order valence-corrected chi connectivity index (χ1v) is 9.48. The van der Waals surface area contributed by atoms with Crippen LogP contribution in [0.15, 0.2) is 48.5 Å². The molecule has 0 spiro atoms. The fraction of sp³-hybridized carbons (Fsp3) is 0.304. The molecular weight excluding hydrogens is 352 g/mol. The molecule has 2 N–H and O–H groups in total. The molecule has 2 amide bonds. The lowest BCUT2D eigenvalue weighted by molar-refractivity contribution is -0.123. The molecule has 2 aromatic rings. The number of carbonyl (C=O) groups is 2. The third-order valence-electron chi connectivity index (χ3n) is 4.89. The van der Waals surface area contributed by atoms with Crippen molar-refractivity contribution in [1.29, 1.82) is 0 Å². The molecule has 0 aromatic heterocycles. The molecular formula is C23H24N2O3. The summed E-state index contributed by atoms with van der Waals surface area (Å²) in [5.74, 6) is 2.04.